The zero-order valence-electron chi connectivity index (χ0n) is 40.9. The molecule has 0 aliphatic carbocycles. The molecule has 70 heavy (non-hydrogen) atoms. The summed E-state index contributed by atoms with van der Waals surface area (Å²) in [5, 5.41) is 21.5. The van der Waals surface area contributed by atoms with Crippen LogP contribution in [0.15, 0.2) is 91.8 Å². The van der Waals surface area contributed by atoms with Crippen molar-refractivity contribution < 1.29 is 14.4 Å². The highest BCUT2D eigenvalue weighted by Crippen LogP contribution is 2.35. The van der Waals surface area contributed by atoms with E-state index in [1.54, 1.807) is 36.9 Å². The molecule has 0 unspecified atom stereocenters. The molecule has 6 heterocycles. The van der Waals surface area contributed by atoms with E-state index < -0.39 is 4.92 Å². The number of rotatable bonds is 15. The van der Waals surface area contributed by atoms with E-state index in [2.05, 4.69) is 91.7 Å². The fourth-order valence-corrected chi connectivity index (χ4v) is 7.62. The first-order valence-electron chi connectivity index (χ1n) is 22.8. The molecule has 6 aromatic rings. The molecule has 20 nitrogen and oxygen atoms in total. The normalized spacial score (nSPS) is 13.7. The molecule has 0 spiro atoms. The fraction of sp³-hybridized carbons (Fsp3) is 0.375. The Morgan fingerprint density at radius 1 is 0.643 bits per heavy atom. The number of piperazine rings is 2. The topological polar surface area (TPSA) is 194 Å². The number of ether oxygens (including phenoxy) is 2. The van der Waals surface area contributed by atoms with Crippen molar-refractivity contribution in [3.63, 3.8) is 0 Å². The summed E-state index contributed by atoms with van der Waals surface area (Å²) in [4.78, 5) is 49.2. The maximum atomic E-state index is 10.9. The first kappa shape index (κ1) is 52.4. The highest BCUT2D eigenvalue weighted by atomic mass is 35.5. The minimum absolute atomic E-state index is 0.0275. The average Bonchev–Trinajstić information content (AvgIpc) is 3.35. The summed E-state index contributed by atoms with van der Waals surface area (Å²) in [5.74, 6) is 4.18. The van der Waals surface area contributed by atoms with Crippen molar-refractivity contribution >= 4 is 86.5 Å². The van der Waals surface area contributed by atoms with Crippen LogP contribution < -0.4 is 45.0 Å². The zero-order valence-corrected chi connectivity index (χ0v) is 42.4. The number of hydrogen-bond acceptors (Lipinski definition) is 19. The highest BCUT2D eigenvalue weighted by Gasteiger charge is 2.21. The summed E-state index contributed by atoms with van der Waals surface area (Å²) in [6.45, 7) is 12.7. The van der Waals surface area contributed by atoms with Gasteiger partial charge in [-0.3, -0.25) is 10.1 Å². The van der Waals surface area contributed by atoms with Crippen molar-refractivity contribution in [1.82, 2.24) is 39.7 Å². The molecule has 0 bridgehead atoms. The average molecular weight is 998 g/mol. The number of pyridine rings is 2. The Morgan fingerprint density at radius 3 is 1.69 bits per heavy atom. The van der Waals surface area contributed by atoms with Crippen LogP contribution in [0.3, 0.4) is 0 Å². The Morgan fingerprint density at radius 2 is 1.16 bits per heavy atom. The van der Waals surface area contributed by atoms with E-state index in [1.807, 2.05) is 82.2 Å². The van der Waals surface area contributed by atoms with E-state index in [0.717, 1.165) is 98.2 Å². The first-order chi connectivity index (χ1) is 33.7. The van der Waals surface area contributed by atoms with Crippen molar-refractivity contribution in [1.29, 1.82) is 0 Å². The predicted octanol–water partition coefficient (Wildman–Crippen LogP) is 8.31. The molecule has 0 radical (unpaired) electrons. The van der Waals surface area contributed by atoms with E-state index in [-0.39, 0.29) is 5.69 Å². The molecule has 4 aromatic heterocycles. The van der Waals surface area contributed by atoms with Crippen LogP contribution in [0.2, 0.25) is 10.0 Å². The second-order valence-electron chi connectivity index (χ2n) is 16.6. The van der Waals surface area contributed by atoms with Gasteiger partial charge in [0.15, 0.2) is 29.0 Å². The summed E-state index contributed by atoms with van der Waals surface area (Å²) < 4.78 is 11.3. The van der Waals surface area contributed by atoms with Crippen LogP contribution in [-0.4, -0.2) is 152 Å². The van der Waals surface area contributed by atoms with Gasteiger partial charge in [0, 0.05) is 123 Å². The minimum atomic E-state index is -0.404. The van der Waals surface area contributed by atoms with Gasteiger partial charge in [-0.05, 0) is 70.4 Å². The second-order valence-corrected chi connectivity index (χ2v) is 17.4. The lowest BCUT2D eigenvalue weighted by Crippen LogP contribution is -2.44. The van der Waals surface area contributed by atoms with Gasteiger partial charge in [0.25, 0.3) is 0 Å². The Balaban J connectivity index is 0.000000189. The molecule has 2 aromatic carbocycles. The molecule has 2 fully saturated rings. The van der Waals surface area contributed by atoms with Crippen molar-refractivity contribution in [3.8, 4) is 11.5 Å². The van der Waals surface area contributed by atoms with Crippen LogP contribution in [0.5, 0.6) is 11.5 Å². The van der Waals surface area contributed by atoms with Gasteiger partial charge in [-0.2, -0.15) is 4.98 Å². The van der Waals surface area contributed by atoms with Crippen LogP contribution in [0, 0.1) is 10.1 Å². The van der Waals surface area contributed by atoms with Crippen LogP contribution >= 0.6 is 23.2 Å². The zero-order chi connectivity index (χ0) is 50.2. The summed E-state index contributed by atoms with van der Waals surface area (Å²) in [6.07, 6.45) is 8.05. The number of hydrogen-bond donors (Lipinski definition) is 3. The summed E-state index contributed by atoms with van der Waals surface area (Å²) in [7, 11) is 12.0. The predicted molar refractivity (Wildman–Crippen MR) is 282 cm³/mol. The molecule has 2 saturated heterocycles. The lowest BCUT2D eigenvalue weighted by Gasteiger charge is -2.34. The van der Waals surface area contributed by atoms with Crippen LogP contribution in [0.25, 0.3) is 0 Å². The van der Waals surface area contributed by atoms with Gasteiger partial charge in [0.05, 0.1) is 47.6 Å². The quantitative estimate of drug-likeness (QED) is 0.0656. The van der Waals surface area contributed by atoms with E-state index in [1.165, 1.54) is 12.4 Å². The standard InChI is InChI=1S/C24H31ClN8O.C13H19N3O3.C11H12ClN5/c1-5-34-21-15-17(33-13-11-32(4)12-14-33)8-9-19(21)29-24-27-16-18(25)22(30-24)28-20-7-6-10-26-23(20)31(2)3;1-3-19-13-10-11(4-5-12(13)16(17)18)15-8-6-14(2)7-9-15;1-17(2)11-9(4-3-5-14-11)16-10-8(12)6-13-7-15-10/h6-10,15-16H,5,11-14H2,1-4H3,(H2,27,28,29,30);4-5,10H,3,6-9H2,1-2H3;3-7H,1-2H3,(H,13,15,16). The molecular formula is C48H62Cl2N16O4. The lowest BCUT2D eigenvalue weighted by molar-refractivity contribution is -0.385. The number of halogens is 2. The first-order valence-corrected chi connectivity index (χ1v) is 23.6. The maximum absolute atomic E-state index is 10.9. The Labute approximate surface area is 419 Å². The Hall–Kier alpha value is -7.00. The molecule has 22 heteroatoms. The van der Waals surface area contributed by atoms with Gasteiger partial charge in [0.2, 0.25) is 5.95 Å². The third-order valence-corrected chi connectivity index (χ3v) is 11.6. The monoisotopic (exact) mass is 996 g/mol. The van der Waals surface area contributed by atoms with Crippen molar-refractivity contribution in [3.05, 3.63) is 112 Å². The van der Waals surface area contributed by atoms with Crippen molar-refractivity contribution in [2.45, 2.75) is 13.8 Å². The number of nitro groups is 1. The molecule has 2 aliphatic heterocycles. The van der Waals surface area contributed by atoms with Gasteiger partial charge in [0.1, 0.15) is 22.1 Å². The lowest BCUT2D eigenvalue weighted by atomic mass is 10.2. The third kappa shape index (κ3) is 14.5. The van der Waals surface area contributed by atoms with Gasteiger partial charge in [-0.25, -0.2) is 24.9 Å². The third-order valence-electron chi connectivity index (χ3n) is 11.0. The van der Waals surface area contributed by atoms with Gasteiger partial charge in [-0.1, -0.05) is 23.2 Å². The number of likely N-dealkylation sites (N-methyl/N-ethyl adjacent to an activating group) is 2. The molecule has 372 valence electrons. The number of nitrogens with one attached hydrogen (secondary N) is 3. The van der Waals surface area contributed by atoms with Gasteiger partial charge >= 0.3 is 5.69 Å². The smallest absolute Gasteiger partial charge is 0.311 e. The Kier molecular flexibility index (Phi) is 19.1. The van der Waals surface area contributed by atoms with Crippen LogP contribution in [0.1, 0.15) is 13.8 Å². The number of aromatic nitrogens is 6. The second kappa shape index (κ2) is 25.6. The van der Waals surface area contributed by atoms with E-state index >= 15 is 0 Å². The summed E-state index contributed by atoms with van der Waals surface area (Å²) in [5.41, 5.74) is 4.60. The molecule has 0 saturated carbocycles. The highest BCUT2D eigenvalue weighted by molar-refractivity contribution is 6.33. The number of benzene rings is 2. The largest absolute Gasteiger partial charge is 0.492 e. The van der Waals surface area contributed by atoms with E-state index in [4.69, 9.17) is 32.7 Å². The molecule has 0 atom stereocenters. The summed E-state index contributed by atoms with van der Waals surface area (Å²) >= 11 is 12.4. The summed E-state index contributed by atoms with van der Waals surface area (Å²) in [6, 6.07) is 18.8. The molecule has 3 N–H and O–H groups in total. The van der Waals surface area contributed by atoms with Gasteiger partial charge < -0.3 is 54.8 Å². The van der Waals surface area contributed by atoms with E-state index in [0.29, 0.717) is 46.6 Å². The number of anilines is 10. The molecule has 2 aliphatic rings. The molecular weight excluding hydrogens is 936 g/mol. The molecule has 8 rings (SSSR count). The number of nitro benzene ring substituents is 1. The van der Waals surface area contributed by atoms with Crippen LogP contribution in [0.4, 0.5) is 63.3 Å². The van der Waals surface area contributed by atoms with Gasteiger partial charge in [-0.15, -0.1) is 0 Å². The van der Waals surface area contributed by atoms with E-state index in [9.17, 15) is 10.1 Å². The fourth-order valence-electron chi connectivity index (χ4n) is 7.33. The minimum Gasteiger partial charge on any atom is -0.492 e. The maximum Gasteiger partial charge on any atom is 0.311 e. The van der Waals surface area contributed by atoms with Crippen molar-refractivity contribution in [2.24, 2.45) is 0 Å². The Bertz CT molecular complexity index is 2630. The SMILES string of the molecule is CCOc1cc(N2CCN(C)CC2)ccc1Nc1ncc(Cl)c(Nc2cccnc2N(C)C)n1.CCOc1cc(N2CCN(C)CC2)ccc1[N+](=O)[O-].CN(C)c1ncccc1Nc1ncncc1Cl. The van der Waals surface area contributed by atoms with Crippen molar-refractivity contribution in [2.75, 3.05) is 143 Å². The molecule has 0 amide bonds. The number of nitrogens with zero attached hydrogens (tertiary/aromatic N) is 13. The van der Waals surface area contributed by atoms with Crippen LogP contribution in [-0.2, 0) is 0 Å².